The summed E-state index contributed by atoms with van der Waals surface area (Å²) >= 11 is 0. The highest BCUT2D eigenvalue weighted by Crippen LogP contribution is 2.45. The van der Waals surface area contributed by atoms with Crippen LogP contribution in [0.3, 0.4) is 0 Å². The number of carbonyl (C=O) groups excluding carboxylic acids is 4. The van der Waals surface area contributed by atoms with Crippen LogP contribution in [0.15, 0.2) is 219 Å². The first-order valence-corrected chi connectivity index (χ1v) is 44.0. The molecule has 3 N–H and O–H groups in total. The van der Waals surface area contributed by atoms with Crippen LogP contribution in [0.4, 0.5) is 0 Å². The lowest BCUT2D eigenvalue weighted by Crippen LogP contribution is -2.30. The van der Waals surface area contributed by atoms with Crippen LogP contribution in [-0.4, -0.2) is 96.7 Å². The number of aliphatic hydroxyl groups is 1. The van der Waals surface area contributed by atoms with E-state index in [4.69, 9.17) is 37.0 Å². The van der Waals surface area contributed by atoms with E-state index in [-0.39, 0.29) is 25.7 Å². The van der Waals surface area contributed by atoms with E-state index in [1.807, 2.05) is 12.2 Å². The average molecular weight is 1570 g/mol. The number of unbranched alkanes of at least 4 members (excludes halogenated alkanes) is 13. The first kappa shape index (κ1) is 103. The van der Waals surface area contributed by atoms with Crippen molar-refractivity contribution in [2.75, 3.05) is 39.6 Å². The van der Waals surface area contributed by atoms with Crippen LogP contribution in [-0.2, 0) is 65.4 Å². The van der Waals surface area contributed by atoms with E-state index in [2.05, 4.69) is 222 Å². The van der Waals surface area contributed by atoms with Gasteiger partial charge in [-0.15, -0.1) is 0 Å². The third-order valence-corrected chi connectivity index (χ3v) is 17.9. The molecule has 0 aromatic heterocycles. The smallest absolute Gasteiger partial charge is 0.462 e. The zero-order valence-corrected chi connectivity index (χ0v) is 69.4. The fourth-order valence-corrected chi connectivity index (χ4v) is 11.5. The Morgan fingerprint density at radius 3 is 0.773 bits per heavy atom. The van der Waals surface area contributed by atoms with Gasteiger partial charge in [-0.1, -0.05) is 291 Å². The molecule has 19 heteroatoms. The van der Waals surface area contributed by atoms with Gasteiger partial charge in [-0.05, 0) is 173 Å². The summed E-state index contributed by atoms with van der Waals surface area (Å²) in [6.45, 7) is 4.19. The molecule has 618 valence electrons. The second-order valence-electron chi connectivity index (χ2n) is 26.2. The Hall–Kier alpha value is -6.62. The van der Waals surface area contributed by atoms with Crippen molar-refractivity contribution in [1.29, 1.82) is 0 Å². The summed E-state index contributed by atoms with van der Waals surface area (Å²) in [5.74, 6) is -2.43. The first-order valence-electron chi connectivity index (χ1n) is 41.0. The molecule has 0 rings (SSSR count). The Labute approximate surface area is 664 Å². The standard InChI is InChI=1S/C91H142O17P2/c1-5-9-13-17-21-25-29-33-37-40-42-45-49-52-56-60-64-68-72-76-89(94)102-82-87(108-91(96)78-74-70-66-62-58-54-50-46-43-41-38-34-30-26-22-18-14-10-6-2)84-106-110(99,100)104-80-85(92)79-103-109(97,98)105-83-86(107-90(95)77-73-69-65-61-57-53-47-36-32-28-24-20-16-12-8-4)81-101-88(93)75-71-67-63-59-55-51-48-44-39-35-31-27-23-19-15-11-7-3/h9-16,21-28,33-39,42-43,45-48,51-52,56-57,61,69,73,85-87,92H,5-8,17-20,29-32,40-41,44,49-50,53-55,58-60,62-68,70-72,74-84H2,1-4H3,(H,97,98)(H,99,100)/b13-9-,14-10-,15-11-,16-12-,25-21-,26-22-,27-23-,28-24-,37-33-,38-34-,39-35-,45-42-,46-43-,47-36-,51-48-,56-52-,61-57-,73-69-. The molecule has 0 amide bonds. The maximum atomic E-state index is 13.1. The summed E-state index contributed by atoms with van der Waals surface area (Å²) in [6, 6.07) is 0. The van der Waals surface area contributed by atoms with Gasteiger partial charge in [0.2, 0.25) is 0 Å². The van der Waals surface area contributed by atoms with Crippen LogP contribution in [0, 0.1) is 0 Å². The van der Waals surface area contributed by atoms with E-state index in [1.54, 1.807) is 12.2 Å². The summed E-state index contributed by atoms with van der Waals surface area (Å²) < 4.78 is 68.5. The molecule has 0 bridgehead atoms. The number of allylic oxidation sites excluding steroid dienone is 35. The monoisotopic (exact) mass is 1570 g/mol. The van der Waals surface area contributed by atoms with Crippen molar-refractivity contribution in [3.63, 3.8) is 0 Å². The van der Waals surface area contributed by atoms with Crippen molar-refractivity contribution in [2.24, 2.45) is 0 Å². The molecule has 0 aromatic rings. The van der Waals surface area contributed by atoms with E-state index >= 15 is 0 Å². The topological polar surface area (TPSA) is 237 Å². The molecule has 17 nitrogen and oxygen atoms in total. The third kappa shape index (κ3) is 79.5. The minimum atomic E-state index is -5.03. The lowest BCUT2D eigenvalue weighted by molar-refractivity contribution is -0.161. The van der Waals surface area contributed by atoms with Crippen molar-refractivity contribution in [1.82, 2.24) is 0 Å². The Bertz CT molecular complexity index is 2950. The van der Waals surface area contributed by atoms with E-state index in [0.717, 1.165) is 193 Å². The molecular formula is C91H142O17P2. The predicted octanol–water partition coefficient (Wildman–Crippen LogP) is 24.4. The van der Waals surface area contributed by atoms with E-state index in [9.17, 15) is 43.2 Å². The Morgan fingerprint density at radius 2 is 0.482 bits per heavy atom. The van der Waals surface area contributed by atoms with Gasteiger partial charge >= 0.3 is 39.5 Å². The lowest BCUT2D eigenvalue weighted by atomic mass is 10.1. The zero-order chi connectivity index (χ0) is 80.3. The van der Waals surface area contributed by atoms with E-state index < -0.39 is 97.5 Å². The van der Waals surface area contributed by atoms with Crippen LogP contribution in [0.25, 0.3) is 0 Å². The first-order chi connectivity index (χ1) is 53.7. The average Bonchev–Trinajstić information content (AvgIpc) is 0.900. The maximum Gasteiger partial charge on any atom is 0.472 e. The van der Waals surface area contributed by atoms with Gasteiger partial charge < -0.3 is 33.8 Å². The Kier molecular flexibility index (Phi) is 75.6. The van der Waals surface area contributed by atoms with Gasteiger partial charge in [0.15, 0.2) is 12.2 Å². The number of rotatable bonds is 74. The van der Waals surface area contributed by atoms with Gasteiger partial charge in [0, 0.05) is 19.3 Å². The molecule has 0 aromatic carbocycles. The summed E-state index contributed by atoms with van der Waals surface area (Å²) in [4.78, 5) is 73.1. The molecule has 0 saturated carbocycles. The van der Waals surface area contributed by atoms with Crippen molar-refractivity contribution < 1.29 is 80.2 Å². The molecule has 0 spiro atoms. The number of phosphoric acid groups is 2. The Balaban J connectivity index is 5.54. The van der Waals surface area contributed by atoms with Gasteiger partial charge in [0.25, 0.3) is 0 Å². The van der Waals surface area contributed by atoms with Gasteiger partial charge in [0.1, 0.15) is 19.3 Å². The van der Waals surface area contributed by atoms with Crippen LogP contribution < -0.4 is 0 Å². The van der Waals surface area contributed by atoms with Crippen molar-refractivity contribution in [3.8, 4) is 0 Å². The lowest BCUT2D eigenvalue weighted by Gasteiger charge is -2.21. The minimum absolute atomic E-state index is 0.0581. The molecule has 0 aliphatic rings. The van der Waals surface area contributed by atoms with Gasteiger partial charge in [-0.25, -0.2) is 9.13 Å². The largest absolute Gasteiger partial charge is 0.472 e. The highest BCUT2D eigenvalue weighted by atomic mass is 31.2. The van der Waals surface area contributed by atoms with E-state index in [0.29, 0.717) is 25.7 Å². The van der Waals surface area contributed by atoms with Crippen molar-refractivity contribution in [3.05, 3.63) is 219 Å². The van der Waals surface area contributed by atoms with Gasteiger partial charge in [-0.2, -0.15) is 0 Å². The summed E-state index contributed by atoms with van der Waals surface area (Å²) in [7, 11) is -10.0. The molecule has 5 atom stereocenters. The molecule has 110 heavy (non-hydrogen) atoms. The fourth-order valence-electron chi connectivity index (χ4n) is 9.89. The molecule has 0 radical (unpaired) electrons. The van der Waals surface area contributed by atoms with Crippen LogP contribution >= 0.6 is 15.6 Å². The van der Waals surface area contributed by atoms with Crippen molar-refractivity contribution in [2.45, 2.75) is 290 Å². The fraction of sp³-hybridized carbons (Fsp3) is 0.560. The van der Waals surface area contributed by atoms with Crippen LogP contribution in [0.5, 0.6) is 0 Å². The second-order valence-corrected chi connectivity index (χ2v) is 29.1. The molecule has 0 fully saturated rings. The maximum absolute atomic E-state index is 13.1. The molecule has 0 aliphatic carbocycles. The van der Waals surface area contributed by atoms with Gasteiger partial charge in [-0.3, -0.25) is 37.3 Å². The van der Waals surface area contributed by atoms with Crippen LogP contribution in [0.2, 0.25) is 0 Å². The summed E-state index contributed by atoms with van der Waals surface area (Å²) in [5, 5.41) is 10.7. The Morgan fingerprint density at radius 1 is 0.264 bits per heavy atom. The zero-order valence-electron chi connectivity index (χ0n) is 67.6. The molecule has 0 heterocycles. The highest BCUT2D eigenvalue weighted by Gasteiger charge is 2.30. The van der Waals surface area contributed by atoms with Crippen LogP contribution in [0.1, 0.15) is 272 Å². The summed E-state index contributed by atoms with van der Waals surface area (Å²) in [5.41, 5.74) is 0. The number of hydrogen-bond donors (Lipinski definition) is 3. The van der Waals surface area contributed by atoms with Crippen molar-refractivity contribution >= 4 is 39.5 Å². The number of phosphoric ester groups is 2. The molecule has 0 saturated heterocycles. The number of hydrogen-bond acceptors (Lipinski definition) is 15. The quantitative estimate of drug-likeness (QED) is 0.0169. The SMILES string of the molecule is CC/C=C\C/C=C\C/C=C\C/C=C\C/C=C\CCCCCC(=O)OCC(COP(=O)(O)OCC(O)COP(=O)(O)OCC(COC(=O)CCCCCC/C=C\C/C=C\C/C=C\C/C=C\CC)OC(=O)C/C=C\C/C=C\C/C=C\C/C=C\C/C=C\CC)OC(=O)CCCCCCCC/C=C\C/C=C\C/C=C\C/C=C\CC. The number of carbonyl (C=O) groups is 4. The highest BCUT2D eigenvalue weighted by molar-refractivity contribution is 7.47. The molecule has 5 unspecified atom stereocenters. The van der Waals surface area contributed by atoms with Gasteiger partial charge in [0.05, 0.1) is 32.8 Å². The third-order valence-electron chi connectivity index (χ3n) is 16.0. The number of ether oxygens (including phenoxy) is 4. The number of aliphatic hydroxyl groups excluding tert-OH is 1. The summed E-state index contributed by atoms with van der Waals surface area (Å²) in [6.07, 6.45) is 102. The molecule has 0 aliphatic heterocycles. The minimum Gasteiger partial charge on any atom is -0.462 e. The number of esters is 4. The van der Waals surface area contributed by atoms with E-state index in [1.165, 1.54) is 0 Å². The predicted molar refractivity (Wildman–Crippen MR) is 454 cm³/mol. The second kappa shape index (κ2) is 80.4. The molecular weight excluding hydrogens is 1430 g/mol. The normalized spacial score (nSPS) is 14.9.